The van der Waals surface area contributed by atoms with Crippen molar-refractivity contribution in [3.05, 3.63) is 64.1 Å². The second-order valence-corrected chi connectivity index (χ2v) is 8.77. The molecule has 0 aromatic heterocycles. The van der Waals surface area contributed by atoms with Crippen molar-refractivity contribution >= 4 is 37.5 Å². The molecule has 0 radical (unpaired) electrons. The normalized spacial score (nSPS) is 12.5. The largest absolute Gasteiger partial charge is 0.348 e. The number of sulfonamides is 1. The number of benzene rings is 2. The highest BCUT2D eigenvalue weighted by atomic mass is 79.9. The number of aryl methyl sites for hydroxylation is 1. The molecule has 0 saturated carbocycles. The summed E-state index contributed by atoms with van der Waals surface area (Å²) in [6, 6.07) is 14.5. The van der Waals surface area contributed by atoms with Crippen molar-refractivity contribution in [2.75, 3.05) is 17.1 Å². The quantitative estimate of drug-likeness (QED) is 0.772. The average Bonchev–Trinajstić information content (AvgIpc) is 2.52. The van der Waals surface area contributed by atoms with Gasteiger partial charge >= 0.3 is 0 Å². The minimum absolute atomic E-state index is 0.211. The van der Waals surface area contributed by atoms with E-state index in [0.29, 0.717) is 5.69 Å². The second kappa shape index (κ2) is 8.01. The van der Waals surface area contributed by atoms with Crippen LogP contribution in [-0.4, -0.2) is 27.1 Å². The molecule has 2 aromatic carbocycles. The van der Waals surface area contributed by atoms with Crippen molar-refractivity contribution in [1.29, 1.82) is 0 Å². The van der Waals surface area contributed by atoms with Gasteiger partial charge in [-0.1, -0.05) is 51.8 Å². The first-order valence-corrected chi connectivity index (χ1v) is 10.4. The Morgan fingerprint density at radius 1 is 1.20 bits per heavy atom. The van der Waals surface area contributed by atoms with Gasteiger partial charge in [0.05, 0.1) is 18.0 Å². The zero-order chi connectivity index (χ0) is 18.6. The van der Waals surface area contributed by atoms with E-state index in [4.69, 9.17) is 0 Å². The number of anilines is 1. The first kappa shape index (κ1) is 19.5. The lowest BCUT2D eigenvalue weighted by Gasteiger charge is -2.23. The number of carbonyl (C=O) groups is 1. The lowest BCUT2D eigenvalue weighted by atomic mass is 10.1. The third-order valence-electron chi connectivity index (χ3n) is 3.74. The predicted molar refractivity (Wildman–Crippen MR) is 104 cm³/mol. The van der Waals surface area contributed by atoms with E-state index in [1.807, 2.05) is 38.1 Å². The molecule has 0 unspecified atom stereocenters. The van der Waals surface area contributed by atoms with E-state index in [9.17, 15) is 13.2 Å². The molecule has 1 N–H and O–H groups in total. The van der Waals surface area contributed by atoms with E-state index in [1.54, 1.807) is 24.3 Å². The van der Waals surface area contributed by atoms with Crippen molar-refractivity contribution in [2.24, 2.45) is 0 Å². The molecular formula is C18H21BrN2O3S. The predicted octanol–water partition coefficient (Wildman–Crippen LogP) is 3.40. The van der Waals surface area contributed by atoms with E-state index in [2.05, 4.69) is 21.2 Å². The molecule has 0 aliphatic heterocycles. The van der Waals surface area contributed by atoms with Gasteiger partial charge in [-0.25, -0.2) is 8.42 Å². The number of amides is 1. The second-order valence-electron chi connectivity index (χ2n) is 5.95. The monoisotopic (exact) mass is 424 g/mol. The van der Waals surface area contributed by atoms with Gasteiger partial charge in [0, 0.05) is 4.47 Å². The maximum Gasteiger partial charge on any atom is 0.241 e. The summed E-state index contributed by atoms with van der Waals surface area (Å²) < 4.78 is 26.0. The van der Waals surface area contributed by atoms with Crippen LogP contribution in [0.5, 0.6) is 0 Å². The molecule has 0 fully saturated rings. The third-order valence-corrected chi connectivity index (χ3v) is 5.37. The van der Waals surface area contributed by atoms with Gasteiger partial charge in [-0.05, 0) is 37.6 Å². The van der Waals surface area contributed by atoms with Crippen LogP contribution in [0.3, 0.4) is 0 Å². The minimum atomic E-state index is -3.58. The smallest absolute Gasteiger partial charge is 0.241 e. The van der Waals surface area contributed by atoms with Gasteiger partial charge in [0.2, 0.25) is 15.9 Å². The molecule has 1 atom stereocenters. The molecule has 0 bridgehead atoms. The first-order valence-electron chi connectivity index (χ1n) is 7.76. The van der Waals surface area contributed by atoms with Gasteiger partial charge in [-0.3, -0.25) is 9.10 Å². The zero-order valence-corrected chi connectivity index (χ0v) is 16.8. The lowest BCUT2D eigenvalue weighted by molar-refractivity contribution is -0.120. The summed E-state index contributed by atoms with van der Waals surface area (Å²) in [5, 5.41) is 2.85. The third kappa shape index (κ3) is 5.57. The van der Waals surface area contributed by atoms with Gasteiger partial charge in [0.15, 0.2) is 0 Å². The standard InChI is InChI=1S/C18H21BrN2O3S/c1-13-7-9-15(10-8-13)14(2)20-18(22)12-21(25(3,23)24)17-6-4-5-16(19)11-17/h4-11,14H,12H2,1-3H3,(H,20,22)/t14-/m0/s1. The Balaban J connectivity index is 2.13. The number of hydrogen-bond acceptors (Lipinski definition) is 3. The molecule has 2 aromatic rings. The number of hydrogen-bond donors (Lipinski definition) is 1. The van der Waals surface area contributed by atoms with Gasteiger partial charge in [-0.15, -0.1) is 0 Å². The topological polar surface area (TPSA) is 66.5 Å². The molecule has 0 aliphatic rings. The van der Waals surface area contributed by atoms with E-state index in [-0.39, 0.29) is 18.5 Å². The van der Waals surface area contributed by atoms with Crippen LogP contribution >= 0.6 is 15.9 Å². The fraction of sp³-hybridized carbons (Fsp3) is 0.278. The summed E-state index contributed by atoms with van der Waals surface area (Å²) in [5.74, 6) is -0.363. The van der Waals surface area contributed by atoms with Crippen molar-refractivity contribution < 1.29 is 13.2 Å². The maximum absolute atomic E-state index is 12.4. The highest BCUT2D eigenvalue weighted by molar-refractivity contribution is 9.10. The van der Waals surface area contributed by atoms with Crippen molar-refractivity contribution in [1.82, 2.24) is 5.32 Å². The summed E-state index contributed by atoms with van der Waals surface area (Å²) in [6.07, 6.45) is 1.09. The van der Waals surface area contributed by atoms with Crippen LogP contribution in [0.4, 0.5) is 5.69 Å². The van der Waals surface area contributed by atoms with Crippen molar-refractivity contribution in [3.63, 3.8) is 0 Å². The van der Waals surface area contributed by atoms with Crippen LogP contribution in [0, 0.1) is 6.92 Å². The van der Waals surface area contributed by atoms with Crippen LogP contribution in [-0.2, 0) is 14.8 Å². The van der Waals surface area contributed by atoms with E-state index < -0.39 is 10.0 Å². The molecule has 0 spiro atoms. The van der Waals surface area contributed by atoms with Crippen molar-refractivity contribution in [2.45, 2.75) is 19.9 Å². The SMILES string of the molecule is Cc1ccc([C@H](C)NC(=O)CN(c2cccc(Br)c2)S(C)(=O)=O)cc1. The number of nitrogens with zero attached hydrogens (tertiary/aromatic N) is 1. The maximum atomic E-state index is 12.4. The molecule has 25 heavy (non-hydrogen) atoms. The molecule has 0 heterocycles. The van der Waals surface area contributed by atoms with Gasteiger partial charge in [0.25, 0.3) is 0 Å². The van der Waals surface area contributed by atoms with E-state index >= 15 is 0 Å². The number of nitrogens with one attached hydrogen (secondary N) is 1. The summed E-state index contributed by atoms with van der Waals surface area (Å²) in [5.41, 5.74) is 2.54. The van der Waals surface area contributed by atoms with Crippen LogP contribution in [0.15, 0.2) is 53.0 Å². The molecule has 0 aliphatic carbocycles. The Labute approximate surface area is 157 Å². The molecule has 5 nitrogen and oxygen atoms in total. The molecular weight excluding hydrogens is 404 g/mol. The Morgan fingerprint density at radius 3 is 2.40 bits per heavy atom. The zero-order valence-electron chi connectivity index (χ0n) is 14.4. The summed E-state index contributed by atoms with van der Waals surface area (Å²) in [4.78, 5) is 12.4. The molecule has 0 saturated heterocycles. The highest BCUT2D eigenvalue weighted by Gasteiger charge is 2.22. The molecule has 7 heteroatoms. The van der Waals surface area contributed by atoms with Crippen LogP contribution in [0.1, 0.15) is 24.1 Å². The van der Waals surface area contributed by atoms with E-state index in [0.717, 1.165) is 26.2 Å². The molecule has 134 valence electrons. The first-order chi connectivity index (χ1) is 11.7. The summed E-state index contributed by atoms with van der Waals surface area (Å²) >= 11 is 3.32. The Bertz CT molecular complexity index is 851. The molecule has 2 rings (SSSR count). The van der Waals surface area contributed by atoms with Crippen LogP contribution < -0.4 is 9.62 Å². The van der Waals surface area contributed by atoms with Crippen LogP contribution in [0.25, 0.3) is 0 Å². The number of carbonyl (C=O) groups excluding carboxylic acids is 1. The average molecular weight is 425 g/mol. The fourth-order valence-electron chi connectivity index (χ4n) is 2.39. The Kier molecular flexibility index (Phi) is 6.24. The van der Waals surface area contributed by atoms with Crippen molar-refractivity contribution in [3.8, 4) is 0 Å². The van der Waals surface area contributed by atoms with Gasteiger partial charge < -0.3 is 5.32 Å². The van der Waals surface area contributed by atoms with E-state index in [1.165, 1.54) is 0 Å². The lowest BCUT2D eigenvalue weighted by Crippen LogP contribution is -2.41. The Hall–Kier alpha value is -1.86. The van der Waals surface area contributed by atoms with Crippen LogP contribution in [0.2, 0.25) is 0 Å². The van der Waals surface area contributed by atoms with Gasteiger partial charge in [-0.2, -0.15) is 0 Å². The Morgan fingerprint density at radius 2 is 1.84 bits per heavy atom. The number of rotatable bonds is 6. The minimum Gasteiger partial charge on any atom is -0.348 e. The summed E-state index contributed by atoms with van der Waals surface area (Å²) in [6.45, 7) is 3.59. The highest BCUT2D eigenvalue weighted by Crippen LogP contribution is 2.22. The molecule has 1 amide bonds. The fourth-order valence-corrected chi connectivity index (χ4v) is 3.62. The number of halogens is 1. The van der Waals surface area contributed by atoms with Gasteiger partial charge in [0.1, 0.15) is 6.54 Å². The summed E-state index contributed by atoms with van der Waals surface area (Å²) in [7, 11) is -3.58.